The number of nitrogens with one attached hydrogen (secondary N) is 2. The molecule has 4 nitrogen and oxygen atoms in total. The molecule has 1 atom stereocenters. The molecule has 128 valence electrons. The first-order valence-corrected chi connectivity index (χ1v) is 9.98. The number of hydrogen-bond acceptors (Lipinski definition) is 2. The first-order valence-electron chi connectivity index (χ1n) is 8.42. The Kier molecular flexibility index (Phi) is 5.19. The molecule has 2 aromatic carbocycles. The van der Waals surface area contributed by atoms with Gasteiger partial charge in [-0.25, -0.2) is 4.79 Å². The summed E-state index contributed by atoms with van der Waals surface area (Å²) in [6, 6.07) is 14.5. The highest BCUT2D eigenvalue weighted by Crippen LogP contribution is 2.36. The molecule has 0 aliphatic heterocycles. The topological polar surface area (TPSA) is 58.2 Å². The lowest BCUT2D eigenvalue weighted by Gasteiger charge is -2.39. The standard InChI is InChI=1S/C19H24N2O2S/c1-24(23)19(10-4-11-19)14-21-18(22)20-12-9-15-7-8-16-5-2-3-6-17(16)13-15/h2-3,5-8,13H,4,9-12,14H2,1H3,(H2,20,21,22)/t24-/m1/s1. The van der Waals surface area contributed by atoms with E-state index in [0.29, 0.717) is 13.1 Å². The zero-order chi connectivity index (χ0) is 17.0. The van der Waals surface area contributed by atoms with Crippen molar-refractivity contribution < 1.29 is 9.00 Å². The van der Waals surface area contributed by atoms with Crippen LogP contribution in [0.5, 0.6) is 0 Å². The van der Waals surface area contributed by atoms with Crippen molar-refractivity contribution in [3.63, 3.8) is 0 Å². The zero-order valence-electron chi connectivity index (χ0n) is 14.0. The second-order valence-corrected chi connectivity index (χ2v) is 8.31. The number of amides is 2. The van der Waals surface area contributed by atoms with Gasteiger partial charge in [0.25, 0.3) is 0 Å². The van der Waals surface area contributed by atoms with Gasteiger partial charge in [-0.05, 0) is 35.6 Å². The maximum atomic E-state index is 11.9. The predicted octanol–water partition coefficient (Wildman–Crippen LogP) is 2.98. The van der Waals surface area contributed by atoms with Gasteiger partial charge < -0.3 is 10.6 Å². The summed E-state index contributed by atoms with van der Waals surface area (Å²) in [5, 5.41) is 8.22. The summed E-state index contributed by atoms with van der Waals surface area (Å²) in [6.07, 6.45) is 5.51. The highest BCUT2D eigenvalue weighted by atomic mass is 32.2. The van der Waals surface area contributed by atoms with Gasteiger partial charge in [0.2, 0.25) is 0 Å². The quantitative estimate of drug-likeness (QED) is 0.846. The van der Waals surface area contributed by atoms with E-state index in [0.717, 1.165) is 25.7 Å². The largest absolute Gasteiger partial charge is 0.338 e. The van der Waals surface area contributed by atoms with Crippen molar-refractivity contribution in [3.8, 4) is 0 Å². The van der Waals surface area contributed by atoms with Gasteiger partial charge in [-0.3, -0.25) is 4.21 Å². The van der Waals surface area contributed by atoms with Crippen LogP contribution in [0.2, 0.25) is 0 Å². The monoisotopic (exact) mass is 344 g/mol. The molecule has 0 saturated heterocycles. The van der Waals surface area contributed by atoms with Crippen LogP contribution in [-0.4, -0.2) is 34.3 Å². The highest BCUT2D eigenvalue weighted by Gasteiger charge is 2.40. The minimum absolute atomic E-state index is 0.174. The summed E-state index contributed by atoms with van der Waals surface area (Å²) in [5.74, 6) is 0. The number of carbonyl (C=O) groups is 1. The van der Waals surface area contributed by atoms with E-state index in [1.54, 1.807) is 6.26 Å². The number of benzene rings is 2. The summed E-state index contributed by atoms with van der Waals surface area (Å²) < 4.78 is 11.6. The Hall–Kier alpha value is -1.88. The molecule has 0 radical (unpaired) electrons. The van der Waals surface area contributed by atoms with Gasteiger partial charge in [0, 0.05) is 30.1 Å². The molecular weight excluding hydrogens is 320 g/mol. The van der Waals surface area contributed by atoms with Crippen molar-refractivity contribution in [2.75, 3.05) is 19.3 Å². The van der Waals surface area contributed by atoms with E-state index in [9.17, 15) is 9.00 Å². The molecule has 3 rings (SSSR count). The van der Waals surface area contributed by atoms with Crippen LogP contribution >= 0.6 is 0 Å². The van der Waals surface area contributed by atoms with Gasteiger partial charge in [-0.15, -0.1) is 0 Å². The van der Waals surface area contributed by atoms with Crippen LogP contribution in [-0.2, 0) is 17.2 Å². The van der Waals surface area contributed by atoms with E-state index in [1.165, 1.54) is 16.3 Å². The molecule has 0 heterocycles. The number of hydrogen-bond donors (Lipinski definition) is 2. The Balaban J connectivity index is 1.45. The van der Waals surface area contributed by atoms with Gasteiger partial charge in [-0.1, -0.05) is 48.9 Å². The average molecular weight is 344 g/mol. The first kappa shape index (κ1) is 17.0. The molecule has 2 aromatic rings. The first-order chi connectivity index (χ1) is 11.6. The summed E-state index contributed by atoms with van der Waals surface area (Å²) in [5.41, 5.74) is 1.21. The van der Waals surface area contributed by atoms with E-state index in [-0.39, 0.29) is 10.8 Å². The van der Waals surface area contributed by atoms with Crippen LogP contribution in [0.1, 0.15) is 24.8 Å². The van der Waals surface area contributed by atoms with Crippen molar-refractivity contribution in [3.05, 3.63) is 48.0 Å². The summed E-state index contributed by atoms with van der Waals surface area (Å²) in [7, 11) is -0.890. The van der Waals surface area contributed by atoms with E-state index in [2.05, 4.69) is 41.0 Å². The summed E-state index contributed by atoms with van der Waals surface area (Å²) in [4.78, 5) is 11.9. The van der Waals surface area contributed by atoms with Crippen LogP contribution in [0, 0.1) is 0 Å². The van der Waals surface area contributed by atoms with Gasteiger partial charge in [-0.2, -0.15) is 0 Å². The van der Waals surface area contributed by atoms with Crippen molar-refractivity contribution in [1.29, 1.82) is 0 Å². The molecule has 0 spiro atoms. The van der Waals surface area contributed by atoms with Gasteiger partial charge in [0.15, 0.2) is 0 Å². The lowest BCUT2D eigenvalue weighted by Crippen LogP contribution is -2.52. The minimum atomic E-state index is -0.890. The summed E-state index contributed by atoms with van der Waals surface area (Å²) >= 11 is 0. The molecule has 1 saturated carbocycles. The molecule has 0 bridgehead atoms. The lowest BCUT2D eigenvalue weighted by atomic mass is 9.84. The fraction of sp³-hybridized carbons (Fsp3) is 0.421. The van der Waals surface area contributed by atoms with Crippen molar-refractivity contribution in [2.24, 2.45) is 0 Å². The third kappa shape index (κ3) is 3.78. The van der Waals surface area contributed by atoms with E-state index >= 15 is 0 Å². The maximum absolute atomic E-state index is 11.9. The molecule has 24 heavy (non-hydrogen) atoms. The molecular formula is C19H24N2O2S. The Morgan fingerprint density at radius 2 is 1.88 bits per heavy atom. The van der Waals surface area contributed by atoms with E-state index in [1.807, 2.05) is 12.1 Å². The summed E-state index contributed by atoms with van der Waals surface area (Å²) in [6.45, 7) is 1.09. The fourth-order valence-electron chi connectivity index (χ4n) is 3.16. The van der Waals surface area contributed by atoms with Crippen LogP contribution in [0.15, 0.2) is 42.5 Å². The van der Waals surface area contributed by atoms with Gasteiger partial charge >= 0.3 is 6.03 Å². The SMILES string of the molecule is C[S@@](=O)C1(CNC(=O)NCCc2ccc3ccccc3c2)CCC1. The average Bonchev–Trinajstić information content (AvgIpc) is 2.53. The van der Waals surface area contributed by atoms with Gasteiger partial charge in [0.1, 0.15) is 0 Å². The number of carbonyl (C=O) groups excluding carboxylic acids is 1. The van der Waals surface area contributed by atoms with Crippen molar-refractivity contribution in [1.82, 2.24) is 10.6 Å². The Labute approximate surface area is 145 Å². The molecule has 0 aromatic heterocycles. The molecule has 1 fully saturated rings. The molecule has 2 amide bonds. The predicted molar refractivity (Wildman–Crippen MR) is 99.7 cm³/mol. The van der Waals surface area contributed by atoms with Crippen LogP contribution in [0.3, 0.4) is 0 Å². The second-order valence-electron chi connectivity index (χ2n) is 6.53. The van der Waals surface area contributed by atoms with Crippen LogP contribution < -0.4 is 10.6 Å². The molecule has 1 aliphatic rings. The third-order valence-corrected chi connectivity index (χ3v) is 6.73. The maximum Gasteiger partial charge on any atom is 0.314 e. The Bertz CT molecular complexity index is 756. The molecule has 2 N–H and O–H groups in total. The highest BCUT2D eigenvalue weighted by molar-refractivity contribution is 7.85. The minimum Gasteiger partial charge on any atom is -0.338 e. The third-order valence-electron chi connectivity index (χ3n) is 4.96. The lowest BCUT2D eigenvalue weighted by molar-refractivity contribution is 0.236. The van der Waals surface area contributed by atoms with Crippen molar-refractivity contribution in [2.45, 2.75) is 30.4 Å². The zero-order valence-corrected chi connectivity index (χ0v) is 14.8. The number of urea groups is 1. The Morgan fingerprint density at radius 3 is 2.54 bits per heavy atom. The van der Waals surface area contributed by atoms with E-state index in [4.69, 9.17) is 0 Å². The number of rotatable bonds is 6. The molecule has 5 heteroatoms. The molecule has 1 aliphatic carbocycles. The fourth-order valence-corrected chi connectivity index (χ4v) is 4.29. The smallest absolute Gasteiger partial charge is 0.314 e. The van der Waals surface area contributed by atoms with Crippen LogP contribution in [0.25, 0.3) is 10.8 Å². The second kappa shape index (κ2) is 7.34. The van der Waals surface area contributed by atoms with Crippen molar-refractivity contribution >= 4 is 27.6 Å². The normalized spacial score (nSPS) is 17.0. The Morgan fingerprint density at radius 1 is 1.12 bits per heavy atom. The number of fused-ring (bicyclic) bond motifs is 1. The van der Waals surface area contributed by atoms with Gasteiger partial charge in [0.05, 0.1) is 4.75 Å². The van der Waals surface area contributed by atoms with Crippen LogP contribution in [0.4, 0.5) is 4.79 Å². The molecule has 0 unspecified atom stereocenters. The van der Waals surface area contributed by atoms with E-state index < -0.39 is 10.8 Å².